The van der Waals surface area contributed by atoms with Crippen LogP contribution in [0.5, 0.6) is 0 Å². The SMILES string of the molecule is Cc1nn(C)cc1C(=O)Nc1ccc(N2CCCS2(=O)=O)cc1. The van der Waals surface area contributed by atoms with E-state index in [9.17, 15) is 13.2 Å². The zero-order chi connectivity index (χ0) is 16.6. The average molecular weight is 334 g/mol. The predicted molar refractivity (Wildman–Crippen MR) is 88.1 cm³/mol. The normalized spacial score (nSPS) is 16.5. The van der Waals surface area contributed by atoms with E-state index in [0.29, 0.717) is 35.6 Å². The minimum atomic E-state index is -3.19. The molecule has 0 aliphatic carbocycles. The van der Waals surface area contributed by atoms with Gasteiger partial charge in [0.1, 0.15) is 0 Å². The van der Waals surface area contributed by atoms with Crippen LogP contribution in [0.2, 0.25) is 0 Å². The van der Waals surface area contributed by atoms with E-state index in [-0.39, 0.29) is 11.7 Å². The van der Waals surface area contributed by atoms with Crippen LogP contribution in [0.3, 0.4) is 0 Å². The Morgan fingerprint density at radius 2 is 1.96 bits per heavy atom. The van der Waals surface area contributed by atoms with Crippen LogP contribution in [-0.4, -0.2) is 36.4 Å². The average Bonchev–Trinajstić information content (AvgIpc) is 3.01. The molecule has 0 saturated carbocycles. The Kier molecular flexibility index (Phi) is 3.85. The van der Waals surface area contributed by atoms with Gasteiger partial charge in [-0.1, -0.05) is 0 Å². The standard InChI is InChI=1S/C15H18N4O3S/c1-11-14(10-18(2)17-11)15(20)16-12-4-6-13(7-5-12)19-8-3-9-23(19,21)22/h4-7,10H,3,8-9H2,1-2H3,(H,16,20). The molecule has 122 valence electrons. The first kappa shape index (κ1) is 15.5. The molecule has 1 aromatic carbocycles. The lowest BCUT2D eigenvalue weighted by atomic mass is 10.2. The maximum Gasteiger partial charge on any atom is 0.259 e. The Balaban J connectivity index is 1.75. The number of carbonyl (C=O) groups excluding carboxylic acids is 1. The second kappa shape index (κ2) is 5.69. The number of rotatable bonds is 3. The number of sulfonamides is 1. The number of amides is 1. The fraction of sp³-hybridized carbons (Fsp3) is 0.333. The molecule has 0 unspecified atom stereocenters. The van der Waals surface area contributed by atoms with Crippen molar-refractivity contribution in [2.75, 3.05) is 21.9 Å². The van der Waals surface area contributed by atoms with Crippen LogP contribution in [0, 0.1) is 6.92 Å². The summed E-state index contributed by atoms with van der Waals surface area (Å²) in [5.41, 5.74) is 2.40. The fourth-order valence-electron chi connectivity index (χ4n) is 2.66. The smallest absolute Gasteiger partial charge is 0.259 e. The number of nitrogens with one attached hydrogen (secondary N) is 1. The number of anilines is 2. The molecular weight excluding hydrogens is 316 g/mol. The molecule has 3 rings (SSSR count). The highest BCUT2D eigenvalue weighted by molar-refractivity contribution is 7.93. The molecule has 1 aromatic heterocycles. The van der Waals surface area contributed by atoms with E-state index in [1.807, 2.05) is 0 Å². The Morgan fingerprint density at radius 3 is 2.48 bits per heavy atom. The van der Waals surface area contributed by atoms with E-state index >= 15 is 0 Å². The van der Waals surface area contributed by atoms with E-state index in [2.05, 4.69) is 10.4 Å². The van der Waals surface area contributed by atoms with Gasteiger partial charge in [-0.05, 0) is 37.6 Å². The number of aryl methyl sites for hydroxylation is 2. The van der Waals surface area contributed by atoms with Gasteiger partial charge < -0.3 is 5.32 Å². The molecule has 23 heavy (non-hydrogen) atoms. The lowest BCUT2D eigenvalue weighted by Gasteiger charge is -2.17. The minimum absolute atomic E-state index is 0.186. The molecule has 8 heteroatoms. The zero-order valence-corrected chi connectivity index (χ0v) is 13.8. The van der Waals surface area contributed by atoms with Gasteiger partial charge in [-0.3, -0.25) is 13.8 Å². The van der Waals surface area contributed by atoms with E-state index in [4.69, 9.17) is 0 Å². The number of benzene rings is 1. The third-order valence-electron chi connectivity index (χ3n) is 3.77. The van der Waals surface area contributed by atoms with E-state index in [0.717, 1.165) is 0 Å². The van der Waals surface area contributed by atoms with Crippen molar-refractivity contribution in [2.45, 2.75) is 13.3 Å². The first-order valence-corrected chi connectivity index (χ1v) is 8.90. The van der Waals surface area contributed by atoms with Crippen molar-refractivity contribution in [2.24, 2.45) is 7.05 Å². The summed E-state index contributed by atoms with van der Waals surface area (Å²) in [4.78, 5) is 12.2. The van der Waals surface area contributed by atoms with Gasteiger partial charge in [-0.25, -0.2) is 8.42 Å². The maximum absolute atomic E-state index is 12.2. The molecular formula is C15H18N4O3S. The van der Waals surface area contributed by atoms with Crippen molar-refractivity contribution in [3.05, 3.63) is 41.7 Å². The van der Waals surface area contributed by atoms with Gasteiger partial charge in [0, 0.05) is 25.5 Å². The summed E-state index contributed by atoms with van der Waals surface area (Å²) < 4.78 is 26.8. The Morgan fingerprint density at radius 1 is 1.26 bits per heavy atom. The first-order valence-electron chi connectivity index (χ1n) is 7.29. The minimum Gasteiger partial charge on any atom is -0.322 e. The van der Waals surface area contributed by atoms with Crippen LogP contribution in [0.1, 0.15) is 22.5 Å². The second-order valence-corrected chi connectivity index (χ2v) is 7.56. The molecule has 2 heterocycles. The van der Waals surface area contributed by atoms with E-state index in [1.165, 1.54) is 4.31 Å². The van der Waals surface area contributed by atoms with Gasteiger partial charge in [0.15, 0.2) is 0 Å². The zero-order valence-electron chi connectivity index (χ0n) is 13.0. The Labute approximate surface area is 135 Å². The second-order valence-electron chi connectivity index (χ2n) is 5.54. The molecule has 1 aliphatic rings. The number of aromatic nitrogens is 2. The van der Waals surface area contributed by atoms with Crippen molar-refractivity contribution >= 4 is 27.3 Å². The number of nitrogens with zero attached hydrogens (tertiary/aromatic N) is 3. The highest BCUT2D eigenvalue weighted by Crippen LogP contribution is 2.25. The van der Waals surface area contributed by atoms with Gasteiger partial charge in [0.05, 0.1) is 22.7 Å². The van der Waals surface area contributed by atoms with E-state index < -0.39 is 10.0 Å². The lowest BCUT2D eigenvalue weighted by Crippen LogP contribution is -2.25. The number of hydrogen-bond acceptors (Lipinski definition) is 4. The summed E-state index contributed by atoms with van der Waals surface area (Å²) in [7, 11) is -1.43. The number of carbonyl (C=O) groups is 1. The van der Waals surface area contributed by atoms with Gasteiger partial charge in [0.2, 0.25) is 10.0 Å². The topological polar surface area (TPSA) is 84.3 Å². The Bertz CT molecular complexity index is 840. The van der Waals surface area contributed by atoms with Crippen molar-refractivity contribution < 1.29 is 13.2 Å². The van der Waals surface area contributed by atoms with Crippen LogP contribution in [0.4, 0.5) is 11.4 Å². The first-order chi connectivity index (χ1) is 10.9. The summed E-state index contributed by atoms with van der Waals surface area (Å²) in [6.07, 6.45) is 2.30. The molecule has 1 aliphatic heterocycles. The van der Waals surface area contributed by atoms with Gasteiger partial charge >= 0.3 is 0 Å². The van der Waals surface area contributed by atoms with Crippen LogP contribution < -0.4 is 9.62 Å². The summed E-state index contributed by atoms with van der Waals surface area (Å²) in [5.74, 6) is -0.0525. The van der Waals surface area contributed by atoms with Crippen molar-refractivity contribution in [1.82, 2.24) is 9.78 Å². The highest BCUT2D eigenvalue weighted by Gasteiger charge is 2.28. The van der Waals surface area contributed by atoms with Gasteiger partial charge in [-0.2, -0.15) is 5.10 Å². The highest BCUT2D eigenvalue weighted by atomic mass is 32.2. The molecule has 2 aromatic rings. The summed E-state index contributed by atoms with van der Waals surface area (Å²) in [6.45, 7) is 2.28. The third kappa shape index (κ3) is 3.07. The third-order valence-corrected chi connectivity index (χ3v) is 5.64. The molecule has 1 saturated heterocycles. The van der Waals surface area contributed by atoms with Crippen LogP contribution >= 0.6 is 0 Å². The predicted octanol–water partition coefficient (Wildman–Crippen LogP) is 1.52. The lowest BCUT2D eigenvalue weighted by molar-refractivity contribution is 0.102. The van der Waals surface area contributed by atoms with Crippen LogP contribution in [0.25, 0.3) is 0 Å². The van der Waals surface area contributed by atoms with Gasteiger partial charge in [0.25, 0.3) is 5.91 Å². The Hall–Kier alpha value is -2.35. The molecule has 0 bridgehead atoms. The summed E-state index contributed by atoms with van der Waals surface area (Å²) in [5, 5.41) is 6.93. The fourth-order valence-corrected chi connectivity index (χ4v) is 4.23. The van der Waals surface area contributed by atoms with Crippen molar-refractivity contribution in [3.63, 3.8) is 0 Å². The number of hydrogen-bond donors (Lipinski definition) is 1. The van der Waals surface area contributed by atoms with Crippen LogP contribution in [-0.2, 0) is 17.1 Å². The van der Waals surface area contributed by atoms with Crippen molar-refractivity contribution in [3.8, 4) is 0 Å². The molecule has 0 radical (unpaired) electrons. The van der Waals surface area contributed by atoms with Crippen molar-refractivity contribution in [1.29, 1.82) is 0 Å². The molecule has 0 atom stereocenters. The monoisotopic (exact) mass is 334 g/mol. The molecule has 0 spiro atoms. The maximum atomic E-state index is 12.2. The molecule has 1 N–H and O–H groups in total. The van der Waals surface area contributed by atoms with Gasteiger partial charge in [-0.15, -0.1) is 0 Å². The van der Waals surface area contributed by atoms with E-state index in [1.54, 1.807) is 49.1 Å². The largest absolute Gasteiger partial charge is 0.322 e. The molecule has 7 nitrogen and oxygen atoms in total. The molecule has 1 amide bonds. The summed E-state index contributed by atoms with van der Waals surface area (Å²) in [6, 6.07) is 6.81. The summed E-state index contributed by atoms with van der Waals surface area (Å²) >= 11 is 0. The van der Waals surface area contributed by atoms with Crippen LogP contribution in [0.15, 0.2) is 30.5 Å². The molecule has 1 fully saturated rings. The quantitative estimate of drug-likeness (QED) is 0.922.